The van der Waals surface area contributed by atoms with Crippen LogP contribution in [0.3, 0.4) is 0 Å². The summed E-state index contributed by atoms with van der Waals surface area (Å²) < 4.78 is 24.9. The highest BCUT2D eigenvalue weighted by Gasteiger charge is 2.18. The lowest BCUT2D eigenvalue weighted by molar-refractivity contribution is 0.586. The molecule has 2 aromatic carbocycles. The van der Waals surface area contributed by atoms with E-state index in [1.54, 1.807) is 36.4 Å². The fourth-order valence-corrected chi connectivity index (χ4v) is 3.48. The van der Waals surface area contributed by atoms with Gasteiger partial charge in [0.1, 0.15) is 0 Å². The van der Waals surface area contributed by atoms with Crippen molar-refractivity contribution in [1.29, 1.82) is 0 Å². The van der Waals surface area contributed by atoms with Gasteiger partial charge in [-0.25, -0.2) is 8.42 Å². The Morgan fingerprint density at radius 2 is 1.62 bits per heavy atom. The monoisotopic (exact) mass is 303 g/mol. The first-order chi connectivity index (χ1) is 9.68. The van der Waals surface area contributed by atoms with Crippen LogP contribution in [0.5, 0.6) is 0 Å². The Morgan fingerprint density at radius 3 is 2.14 bits per heavy atom. The number of rotatable bonds is 3. The predicted octanol–water partition coefficient (Wildman–Crippen LogP) is 3.54. The summed E-state index contributed by atoms with van der Waals surface area (Å²) in [5.41, 5.74) is 8.09. The van der Waals surface area contributed by atoms with Crippen molar-refractivity contribution in [2.24, 2.45) is 0 Å². The molecule has 4 heteroatoms. The van der Waals surface area contributed by atoms with Crippen molar-refractivity contribution in [2.45, 2.75) is 36.8 Å². The second-order valence-electron chi connectivity index (χ2n) is 6.28. The molecule has 0 aliphatic rings. The van der Waals surface area contributed by atoms with E-state index >= 15 is 0 Å². The van der Waals surface area contributed by atoms with Gasteiger partial charge in [-0.3, -0.25) is 0 Å². The molecule has 0 aliphatic heterocycles. The van der Waals surface area contributed by atoms with Crippen LogP contribution in [0.4, 0.5) is 5.69 Å². The first-order valence-electron chi connectivity index (χ1n) is 6.86. The van der Waals surface area contributed by atoms with Gasteiger partial charge in [0.2, 0.25) is 0 Å². The molecular weight excluding hydrogens is 282 g/mol. The molecule has 0 saturated heterocycles. The van der Waals surface area contributed by atoms with Gasteiger partial charge in [0.15, 0.2) is 9.84 Å². The number of benzene rings is 2. The zero-order valence-corrected chi connectivity index (χ0v) is 13.4. The molecule has 0 radical (unpaired) electrons. The average molecular weight is 303 g/mol. The van der Waals surface area contributed by atoms with Crippen LogP contribution in [0.15, 0.2) is 53.4 Å². The molecule has 2 N–H and O–H groups in total. The van der Waals surface area contributed by atoms with Crippen LogP contribution in [-0.4, -0.2) is 8.42 Å². The third-order valence-corrected chi connectivity index (χ3v) is 5.09. The van der Waals surface area contributed by atoms with E-state index in [-0.39, 0.29) is 11.2 Å². The number of nitrogen functional groups attached to an aromatic ring is 1. The maximum absolute atomic E-state index is 12.4. The molecule has 0 saturated carbocycles. The first-order valence-corrected chi connectivity index (χ1v) is 8.51. The summed E-state index contributed by atoms with van der Waals surface area (Å²) in [5, 5.41) is 0. The number of sulfone groups is 1. The summed E-state index contributed by atoms with van der Waals surface area (Å²) in [6.07, 6.45) is 0. The highest BCUT2D eigenvalue weighted by Crippen LogP contribution is 2.25. The van der Waals surface area contributed by atoms with Crippen molar-refractivity contribution in [3.8, 4) is 0 Å². The molecule has 2 rings (SSSR count). The number of anilines is 1. The smallest absolute Gasteiger partial charge is 0.182 e. The van der Waals surface area contributed by atoms with Gasteiger partial charge in [0.05, 0.1) is 10.6 Å². The second kappa shape index (κ2) is 5.53. The lowest BCUT2D eigenvalue weighted by Crippen LogP contribution is -2.11. The molecule has 0 aromatic heterocycles. The Kier molecular flexibility index (Phi) is 4.10. The van der Waals surface area contributed by atoms with Crippen LogP contribution in [0.1, 0.15) is 31.9 Å². The summed E-state index contributed by atoms with van der Waals surface area (Å²) in [4.78, 5) is 0.345. The minimum Gasteiger partial charge on any atom is -0.399 e. The van der Waals surface area contributed by atoms with Gasteiger partial charge in [-0.05, 0) is 40.8 Å². The van der Waals surface area contributed by atoms with E-state index in [1.807, 2.05) is 12.1 Å². The van der Waals surface area contributed by atoms with Gasteiger partial charge in [0, 0.05) is 5.69 Å². The van der Waals surface area contributed by atoms with E-state index in [0.29, 0.717) is 16.1 Å². The third kappa shape index (κ3) is 3.85. The summed E-state index contributed by atoms with van der Waals surface area (Å²) in [5.74, 6) is -0.0348. The minimum atomic E-state index is -3.35. The first kappa shape index (κ1) is 15.6. The molecule has 2 aromatic rings. The molecule has 0 bridgehead atoms. The van der Waals surface area contributed by atoms with Crippen molar-refractivity contribution in [3.05, 3.63) is 59.7 Å². The van der Waals surface area contributed by atoms with Crippen molar-refractivity contribution in [3.63, 3.8) is 0 Å². The number of nitrogens with two attached hydrogens (primary N) is 1. The molecule has 0 fully saturated rings. The van der Waals surface area contributed by atoms with Crippen molar-refractivity contribution < 1.29 is 8.42 Å². The van der Waals surface area contributed by atoms with Crippen LogP contribution in [0, 0.1) is 0 Å². The third-order valence-electron chi connectivity index (χ3n) is 3.39. The molecule has 0 aliphatic carbocycles. The van der Waals surface area contributed by atoms with Crippen LogP contribution in [0.2, 0.25) is 0 Å². The average Bonchev–Trinajstić information content (AvgIpc) is 2.37. The highest BCUT2D eigenvalue weighted by molar-refractivity contribution is 7.90. The second-order valence-corrected chi connectivity index (χ2v) is 8.27. The molecular formula is C17H21NO2S. The predicted molar refractivity (Wildman–Crippen MR) is 86.9 cm³/mol. The fraction of sp³-hybridized carbons (Fsp3) is 0.294. The Balaban J connectivity index is 2.28. The topological polar surface area (TPSA) is 60.2 Å². The zero-order chi connectivity index (χ0) is 15.7. The normalized spacial score (nSPS) is 12.3. The standard InChI is InChI=1S/C17H21NO2S/c1-17(2,3)14-7-9-16(10-8-14)21(19,20)12-13-5-4-6-15(18)11-13/h4-11H,12,18H2,1-3H3. The van der Waals surface area contributed by atoms with Gasteiger partial charge in [-0.2, -0.15) is 0 Å². The molecule has 0 amide bonds. The zero-order valence-electron chi connectivity index (χ0n) is 12.6. The van der Waals surface area contributed by atoms with Gasteiger partial charge in [-0.15, -0.1) is 0 Å². The Morgan fingerprint density at radius 1 is 1.00 bits per heavy atom. The van der Waals surface area contributed by atoms with Gasteiger partial charge < -0.3 is 5.73 Å². The lowest BCUT2D eigenvalue weighted by Gasteiger charge is -2.19. The molecule has 112 valence electrons. The molecule has 0 spiro atoms. The summed E-state index contributed by atoms with van der Waals surface area (Å²) in [7, 11) is -3.35. The van der Waals surface area contributed by atoms with Crippen molar-refractivity contribution in [2.75, 3.05) is 5.73 Å². The molecule has 3 nitrogen and oxygen atoms in total. The fourth-order valence-electron chi connectivity index (χ4n) is 2.15. The van der Waals surface area contributed by atoms with E-state index in [4.69, 9.17) is 5.73 Å². The van der Waals surface area contributed by atoms with Gasteiger partial charge in [0.25, 0.3) is 0 Å². The van der Waals surface area contributed by atoms with Gasteiger partial charge in [-0.1, -0.05) is 45.0 Å². The maximum Gasteiger partial charge on any atom is 0.182 e. The minimum absolute atomic E-state index is 0.0101. The van der Waals surface area contributed by atoms with E-state index < -0.39 is 9.84 Å². The molecule has 0 atom stereocenters. The van der Waals surface area contributed by atoms with Crippen LogP contribution in [0.25, 0.3) is 0 Å². The largest absolute Gasteiger partial charge is 0.399 e. The van der Waals surface area contributed by atoms with Crippen molar-refractivity contribution in [1.82, 2.24) is 0 Å². The Labute approximate surface area is 126 Å². The van der Waals surface area contributed by atoms with Crippen LogP contribution < -0.4 is 5.73 Å². The molecule has 21 heavy (non-hydrogen) atoms. The highest BCUT2D eigenvalue weighted by atomic mass is 32.2. The molecule has 0 heterocycles. The summed E-state index contributed by atoms with van der Waals surface area (Å²) in [6.45, 7) is 6.30. The van der Waals surface area contributed by atoms with Crippen LogP contribution in [-0.2, 0) is 21.0 Å². The number of hydrogen-bond donors (Lipinski definition) is 1. The van der Waals surface area contributed by atoms with Gasteiger partial charge >= 0.3 is 0 Å². The lowest BCUT2D eigenvalue weighted by atomic mass is 9.87. The van der Waals surface area contributed by atoms with Crippen LogP contribution >= 0.6 is 0 Å². The number of hydrogen-bond acceptors (Lipinski definition) is 3. The van der Waals surface area contributed by atoms with E-state index in [2.05, 4.69) is 20.8 Å². The van der Waals surface area contributed by atoms with E-state index in [0.717, 1.165) is 5.56 Å². The summed E-state index contributed by atoms with van der Waals surface area (Å²) in [6, 6.07) is 14.1. The maximum atomic E-state index is 12.4. The van der Waals surface area contributed by atoms with Crippen molar-refractivity contribution >= 4 is 15.5 Å². The Hall–Kier alpha value is -1.81. The van der Waals surface area contributed by atoms with E-state index in [1.165, 1.54) is 0 Å². The quantitative estimate of drug-likeness (QED) is 0.882. The Bertz CT molecular complexity index is 726. The SMILES string of the molecule is CC(C)(C)c1ccc(S(=O)(=O)Cc2cccc(N)c2)cc1. The summed E-state index contributed by atoms with van der Waals surface area (Å²) >= 11 is 0. The van der Waals surface area contributed by atoms with E-state index in [9.17, 15) is 8.42 Å². The molecule has 0 unspecified atom stereocenters.